The lowest BCUT2D eigenvalue weighted by molar-refractivity contribution is -0.120. The predicted octanol–water partition coefficient (Wildman–Crippen LogP) is 4.28. The third-order valence-corrected chi connectivity index (χ3v) is 9.26. The van der Waals surface area contributed by atoms with Gasteiger partial charge < -0.3 is 19.7 Å². The summed E-state index contributed by atoms with van der Waals surface area (Å²) in [5, 5.41) is 3.79. The smallest absolute Gasteiger partial charge is 0.243 e. The van der Waals surface area contributed by atoms with Gasteiger partial charge in [0.2, 0.25) is 15.9 Å². The molecule has 2 aromatic carbocycles. The van der Waals surface area contributed by atoms with E-state index in [1.54, 1.807) is 54.9 Å². The minimum Gasteiger partial charge on any atom is -0.493 e. The first kappa shape index (κ1) is 26.2. The lowest BCUT2D eigenvalue weighted by atomic mass is 9.97. The molecule has 1 aromatic heterocycles. The maximum Gasteiger partial charge on any atom is 0.243 e. The fourth-order valence-electron chi connectivity index (χ4n) is 5.24. The zero-order valence-corrected chi connectivity index (χ0v) is 22.7. The maximum absolute atomic E-state index is 13.1. The number of sulfonamides is 1. The van der Waals surface area contributed by atoms with Crippen LogP contribution in [-0.2, 0) is 14.8 Å². The van der Waals surface area contributed by atoms with Crippen LogP contribution in [-0.4, -0.2) is 64.0 Å². The van der Waals surface area contributed by atoms with Crippen molar-refractivity contribution in [3.63, 3.8) is 0 Å². The highest BCUT2D eigenvalue weighted by atomic mass is 32.2. The number of ether oxygens (including phenoxy) is 2. The Morgan fingerprint density at radius 3 is 2.47 bits per heavy atom. The summed E-state index contributed by atoms with van der Waals surface area (Å²) in [6, 6.07) is 14.3. The summed E-state index contributed by atoms with van der Waals surface area (Å²) in [4.78, 5) is 20.3. The van der Waals surface area contributed by atoms with Gasteiger partial charge in [-0.25, -0.2) is 13.4 Å². The minimum absolute atomic E-state index is 0.0460. The molecule has 2 fully saturated rings. The van der Waals surface area contributed by atoms with Crippen LogP contribution in [0.15, 0.2) is 53.4 Å². The zero-order chi connectivity index (χ0) is 26.7. The molecule has 3 aromatic rings. The van der Waals surface area contributed by atoms with E-state index in [0.717, 1.165) is 55.4 Å². The molecule has 0 saturated carbocycles. The third-order valence-electron chi connectivity index (χ3n) is 7.37. The predicted molar refractivity (Wildman–Crippen MR) is 147 cm³/mol. The van der Waals surface area contributed by atoms with Crippen molar-refractivity contribution in [2.75, 3.05) is 50.6 Å². The van der Waals surface area contributed by atoms with Crippen LogP contribution in [0.25, 0.3) is 10.9 Å². The molecule has 0 bridgehead atoms. The number of carbonyl (C=O) groups excluding carboxylic acids is 1. The van der Waals surface area contributed by atoms with Crippen molar-refractivity contribution in [2.45, 2.75) is 37.0 Å². The Morgan fingerprint density at radius 1 is 0.921 bits per heavy atom. The van der Waals surface area contributed by atoms with Gasteiger partial charge >= 0.3 is 0 Å². The molecule has 1 amide bonds. The summed E-state index contributed by atoms with van der Waals surface area (Å²) in [6.07, 6.45) is 4.55. The van der Waals surface area contributed by atoms with Crippen LogP contribution in [0.4, 0.5) is 11.5 Å². The summed E-state index contributed by atoms with van der Waals surface area (Å²) in [5.41, 5.74) is 1.39. The zero-order valence-electron chi connectivity index (χ0n) is 21.9. The number of amides is 1. The lowest BCUT2D eigenvalue weighted by Crippen LogP contribution is -2.41. The molecule has 0 radical (unpaired) electrons. The number of nitrogens with zero attached hydrogens (tertiary/aromatic N) is 3. The first-order chi connectivity index (χ1) is 18.4. The number of nitrogens with one attached hydrogen (secondary N) is 1. The van der Waals surface area contributed by atoms with Crippen LogP contribution >= 0.6 is 0 Å². The van der Waals surface area contributed by atoms with Gasteiger partial charge in [0.25, 0.3) is 0 Å². The second kappa shape index (κ2) is 11.2. The van der Waals surface area contributed by atoms with E-state index in [0.29, 0.717) is 41.7 Å². The van der Waals surface area contributed by atoms with Gasteiger partial charge in [-0.2, -0.15) is 4.31 Å². The van der Waals surface area contributed by atoms with Crippen LogP contribution < -0.4 is 19.7 Å². The van der Waals surface area contributed by atoms with E-state index in [1.807, 2.05) is 12.1 Å². The van der Waals surface area contributed by atoms with Crippen molar-refractivity contribution >= 4 is 38.3 Å². The largest absolute Gasteiger partial charge is 0.493 e. The molecule has 0 unspecified atom stereocenters. The van der Waals surface area contributed by atoms with Gasteiger partial charge in [-0.05, 0) is 68.1 Å². The average Bonchev–Trinajstić information content (AvgIpc) is 2.97. The van der Waals surface area contributed by atoms with Gasteiger partial charge in [-0.3, -0.25) is 4.79 Å². The lowest BCUT2D eigenvalue weighted by Gasteiger charge is -2.33. The molecule has 1 N–H and O–H groups in total. The summed E-state index contributed by atoms with van der Waals surface area (Å²) < 4.78 is 38.4. The highest BCUT2D eigenvalue weighted by Crippen LogP contribution is 2.31. The Hall–Kier alpha value is -3.37. The molecule has 38 heavy (non-hydrogen) atoms. The number of carbonyl (C=O) groups is 1. The number of rotatable bonds is 7. The number of hydrogen-bond acceptors (Lipinski definition) is 7. The van der Waals surface area contributed by atoms with Crippen LogP contribution in [0.3, 0.4) is 0 Å². The van der Waals surface area contributed by atoms with Gasteiger partial charge in [0.1, 0.15) is 5.82 Å². The number of benzene rings is 2. The fourth-order valence-corrected chi connectivity index (χ4v) is 6.79. The van der Waals surface area contributed by atoms with Crippen molar-refractivity contribution in [3.8, 4) is 11.5 Å². The van der Waals surface area contributed by atoms with Crippen LogP contribution in [0.5, 0.6) is 11.5 Å². The van der Waals surface area contributed by atoms with Crippen LogP contribution in [0.2, 0.25) is 0 Å². The van der Waals surface area contributed by atoms with Crippen LogP contribution in [0.1, 0.15) is 32.1 Å². The van der Waals surface area contributed by atoms with Gasteiger partial charge in [-0.15, -0.1) is 0 Å². The summed E-state index contributed by atoms with van der Waals surface area (Å²) >= 11 is 0. The number of fused-ring (bicyclic) bond motifs is 1. The standard InChI is InChI=1S/C28H34N4O5S/c1-36-25-12-9-22(18-26(25)37-2)29-28(33)21-7-6-14-31(19-21)27-13-8-20-17-23(10-11-24(20)30-27)38(34,35)32-15-4-3-5-16-32/h8-13,17-18,21H,3-7,14-16,19H2,1-2H3,(H,29,33)/t21-/m1/s1. The van der Waals surface area contributed by atoms with Crippen molar-refractivity contribution < 1.29 is 22.7 Å². The molecule has 2 aliphatic heterocycles. The molecule has 0 spiro atoms. The molecule has 1 atom stereocenters. The Morgan fingerprint density at radius 2 is 1.71 bits per heavy atom. The number of hydrogen-bond donors (Lipinski definition) is 1. The third kappa shape index (κ3) is 5.42. The molecule has 9 nitrogen and oxygen atoms in total. The van der Waals surface area contributed by atoms with Crippen molar-refractivity contribution in [1.82, 2.24) is 9.29 Å². The quantitative estimate of drug-likeness (QED) is 0.479. The van der Waals surface area contributed by atoms with Crippen molar-refractivity contribution in [3.05, 3.63) is 48.5 Å². The molecule has 5 rings (SSSR count). The number of anilines is 2. The number of aromatic nitrogens is 1. The summed E-state index contributed by atoms with van der Waals surface area (Å²) in [6.45, 7) is 2.51. The monoisotopic (exact) mass is 538 g/mol. The van der Waals surface area contributed by atoms with Gasteiger partial charge in [0.05, 0.1) is 30.5 Å². The molecular formula is C28H34N4O5S. The van der Waals surface area contributed by atoms with Gasteiger partial charge in [0.15, 0.2) is 11.5 Å². The molecule has 2 saturated heterocycles. The first-order valence-electron chi connectivity index (χ1n) is 13.1. The van der Waals surface area contributed by atoms with Gasteiger partial charge in [0, 0.05) is 43.3 Å². The first-order valence-corrected chi connectivity index (χ1v) is 14.5. The van der Waals surface area contributed by atoms with Crippen molar-refractivity contribution in [1.29, 1.82) is 0 Å². The SMILES string of the molecule is COc1ccc(NC(=O)[C@@H]2CCCN(c3ccc4cc(S(=O)(=O)N5CCCCC5)ccc4n3)C2)cc1OC. The van der Waals surface area contributed by atoms with E-state index in [2.05, 4.69) is 10.2 Å². The molecule has 202 valence electrons. The normalized spacial score (nSPS) is 18.8. The average molecular weight is 539 g/mol. The molecular weight excluding hydrogens is 504 g/mol. The Labute approximate surface area is 223 Å². The summed E-state index contributed by atoms with van der Waals surface area (Å²) in [7, 11) is -0.363. The van der Waals surface area contributed by atoms with Crippen LogP contribution in [0, 0.1) is 5.92 Å². The fraction of sp³-hybridized carbons (Fsp3) is 0.429. The Bertz CT molecular complexity index is 1420. The highest BCUT2D eigenvalue weighted by Gasteiger charge is 2.28. The Balaban J connectivity index is 1.29. The van der Waals surface area contributed by atoms with E-state index in [1.165, 1.54) is 0 Å². The van der Waals surface area contributed by atoms with E-state index < -0.39 is 10.0 Å². The van der Waals surface area contributed by atoms with Crippen molar-refractivity contribution in [2.24, 2.45) is 5.92 Å². The number of pyridine rings is 1. The summed E-state index contributed by atoms with van der Waals surface area (Å²) in [5.74, 6) is 1.71. The molecule has 3 heterocycles. The highest BCUT2D eigenvalue weighted by molar-refractivity contribution is 7.89. The van der Waals surface area contributed by atoms with E-state index >= 15 is 0 Å². The minimum atomic E-state index is -3.50. The number of methoxy groups -OCH3 is 2. The van der Waals surface area contributed by atoms with E-state index in [-0.39, 0.29) is 11.8 Å². The number of piperidine rings is 2. The second-order valence-electron chi connectivity index (χ2n) is 9.83. The molecule has 0 aliphatic carbocycles. The Kier molecular flexibility index (Phi) is 7.71. The molecule has 2 aliphatic rings. The van der Waals surface area contributed by atoms with Gasteiger partial charge in [-0.1, -0.05) is 6.42 Å². The molecule has 10 heteroatoms. The van der Waals surface area contributed by atoms with E-state index in [9.17, 15) is 13.2 Å². The maximum atomic E-state index is 13.1. The second-order valence-corrected chi connectivity index (χ2v) is 11.8. The topological polar surface area (TPSA) is 101 Å². The van der Waals surface area contributed by atoms with E-state index in [4.69, 9.17) is 14.5 Å².